The lowest BCUT2D eigenvalue weighted by molar-refractivity contribution is -0.142. The molecule has 1 atom stereocenters. The third-order valence-corrected chi connectivity index (χ3v) is 2.51. The number of aliphatic carboxylic acids is 1. The maximum Gasteiger partial charge on any atom is 0.326 e. The van der Waals surface area contributed by atoms with Gasteiger partial charge in [0.15, 0.2) is 0 Å². The van der Waals surface area contributed by atoms with Crippen LogP contribution in [0.2, 0.25) is 0 Å². The second-order valence-corrected chi connectivity index (χ2v) is 5.56. The van der Waals surface area contributed by atoms with Gasteiger partial charge in [0.1, 0.15) is 6.04 Å². The van der Waals surface area contributed by atoms with Crippen LogP contribution in [0, 0.1) is 5.41 Å². The fourth-order valence-corrected chi connectivity index (χ4v) is 1.52. The van der Waals surface area contributed by atoms with Crippen LogP contribution in [0.4, 0.5) is 4.79 Å². The Morgan fingerprint density at radius 2 is 1.89 bits per heavy atom. The van der Waals surface area contributed by atoms with E-state index in [-0.39, 0.29) is 6.03 Å². The summed E-state index contributed by atoms with van der Waals surface area (Å²) in [6.45, 7) is 13.7. The van der Waals surface area contributed by atoms with E-state index in [2.05, 4.69) is 11.9 Å². The van der Waals surface area contributed by atoms with Crippen molar-refractivity contribution >= 4 is 12.0 Å². The molecule has 0 aliphatic rings. The number of hydrogen-bond acceptors (Lipinski definition) is 2. The van der Waals surface area contributed by atoms with Gasteiger partial charge in [-0.1, -0.05) is 32.9 Å². The summed E-state index contributed by atoms with van der Waals surface area (Å²) in [4.78, 5) is 24.7. The van der Waals surface area contributed by atoms with Crippen LogP contribution in [0.5, 0.6) is 0 Å². The van der Waals surface area contributed by atoms with Crippen molar-refractivity contribution in [3.63, 3.8) is 0 Å². The minimum Gasteiger partial charge on any atom is -0.480 e. The first-order chi connectivity index (χ1) is 8.09. The molecule has 0 aromatic rings. The van der Waals surface area contributed by atoms with Gasteiger partial charge in [-0.05, 0) is 19.3 Å². The zero-order chi connectivity index (χ0) is 14.5. The highest BCUT2D eigenvalue weighted by molar-refractivity contribution is 5.83. The second kappa shape index (κ2) is 6.42. The summed E-state index contributed by atoms with van der Waals surface area (Å²) in [6.07, 6.45) is 0. The van der Waals surface area contributed by atoms with Crippen LogP contribution in [0.15, 0.2) is 12.2 Å². The molecular weight excluding hydrogens is 232 g/mol. The summed E-state index contributed by atoms with van der Waals surface area (Å²) in [7, 11) is 0. The van der Waals surface area contributed by atoms with Gasteiger partial charge in [0, 0.05) is 13.1 Å². The van der Waals surface area contributed by atoms with E-state index in [0.29, 0.717) is 13.1 Å². The molecule has 0 aliphatic carbocycles. The van der Waals surface area contributed by atoms with E-state index in [1.165, 1.54) is 4.90 Å². The molecule has 0 fully saturated rings. The van der Waals surface area contributed by atoms with Crippen molar-refractivity contribution in [2.24, 2.45) is 5.41 Å². The van der Waals surface area contributed by atoms with Crippen LogP contribution in [0.3, 0.4) is 0 Å². The Morgan fingerprint density at radius 1 is 1.39 bits per heavy atom. The third kappa shape index (κ3) is 5.21. The van der Waals surface area contributed by atoms with Gasteiger partial charge in [0.2, 0.25) is 0 Å². The van der Waals surface area contributed by atoms with E-state index in [0.717, 1.165) is 5.57 Å². The van der Waals surface area contributed by atoms with Crippen molar-refractivity contribution in [3.05, 3.63) is 12.2 Å². The van der Waals surface area contributed by atoms with E-state index in [1.807, 2.05) is 13.8 Å². The molecule has 0 saturated heterocycles. The van der Waals surface area contributed by atoms with E-state index >= 15 is 0 Å². The lowest BCUT2D eigenvalue weighted by Gasteiger charge is -2.30. The number of hydrogen-bond donors (Lipinski definition) is 2. The largest absolute Gasteiger partial charge is 0.480 e. The average molecular weight is 256 g/mol. The fraction of sp³-hybridized carbons (Fsp3) is 0.692. The van der Waals surface area contributed by atoms with E-state index in [9.17, 15) is 9.59 Å². The van der Waals surface area contributed by atoms with Gasteiger partial charge in [-0.15, -0.1) is 0 Å². The molecule has 5 heteroatoms. The quantitative estimate of drug-likeness (QED) is 0.740. The molecule has 2 N–H and O–H groups in total. The SMILES string of the molecule is C=C(C)CN(CC)C(=O)NC(C(=O)O)C(C)(C)C. The molecule has 2 amide bonds. The lowest BCUT2D eigenvalue weighted by atomic mass is 9.87. The standard InChI is InChI=1S/C13H24N2O3/c1-7-15(8-9(2)3)12(18)14-10(11(16)17)13(4,5)6/h10H,2,7-8H2,1,3-6H3,(H,14,18)(H,16,17). The Hall–Kier alpha value is -1.52. The number of nitrogens with one attached hydrogen (secondary N) is 1. The number of carbonyl (C=O) groups excluding carboxylic acids is 1. The maximum absolute atomic E-state index is 12.0. The monoisotopic (exact) mass is 256 g/mol. The molecule has 0 bridgehead atoms. The molecule has 1 unspecified atom stereocenters. The summed E-state index contributed by atoms with van der Waals surface area (Å²) in [6, 6.07) is -1.29. The second-order valence-electron chi connectivity index (χ2n) is 5.56. The van der Waals surface area contributed by atoms with Gasteiger partial charge >= 0.3 is 12.0 Å². The Morgan fingerprint density at radius 3 is 2.17 bits per heavy atom. The zero-order valence-corrected chi connectivity index (χ0v) is 11.9. The predicted octanol–water partition coefficient (Wildman–Crippen LogP) is 2.09. The number of carbonyl (C=O) groups is 2. The predicted molar refractivity (Wildman–Crippen MR) is 71.5 cm³/mol. The van der Waals surface area contributed by atoms with Gasteiger partial charge in [-0.2, -0.15) is 0 Å². The van der Waals surface area contributed by atoms with Gasteiger partial charge in [-0.25, -0.2) is 9.59 Å². The van der Waals surface area contributed by atoms with Crippen LogP contribution < -0.4 is 5.32 Å². The van der Waals surface area contributed by atoms with E-state index in [4.69, 9.17) is 5.11 Å². The first-order valence-electron chi connectivity index (χ1n) is 6.02. The fourth-order valence-electron chi connectivity index (χ4n) is 1.52. The van der Waals surface area contributed by atoms with Crippen LogP contribution in [-0.2, 0) is 4.79 Å². The Bertz CT molecular complexity index is 332. The van der Waals surface area contributed by atoms with E-state index < -0.39 is 17.4 Å². The minimum absolute atomic E-state index is 0.372. The number of rotatable bonds is 5. The van der Waals surface area contributed by atoms with Crippen LogP contribution >= 0.6 is 0 Å². The molecule has 0 aliphatic heterocycles. The first-order valence-corrected chi connectivity index (χ1v) is 6.02. The van der Waals surface area contributed by atoms with Gasteiger partial charge in [-0.3, -0.25) is 0 Å². The van der Waals surface area contributed by atoms with Gasteiger partial charge in [0.25, 0.3) is 0 Å². The number of carboxylic acid groups (broad SMARTS) is 1. The average Bonchev–Trinajstić information content (AvgIpc) is 2.19. The molecule has 104 valence electrons. The molecular formula is C13H24N2O3. The normalized spacial score (nSPS) is 12.7. The smallest absolute Gasteiger partial charge is 0.326 e. The molecule has 5 nitrogen and oxygen atoms in total. The molecule has 0 rings (SSSR count). The number of carboxylic acids is 1. The van der Waals surface area contributed by atoms with Crippen molar-refractivity contribution in [3.8, 4) is 0 Å². The highest BCUT2D eigenvalue weighted by atomic mass is 16.4. The summed E-state index contributed by atoms with van der Waals surface area (Å²) in [5, 5.41) is 11.7. The van der Waals surface area contributed by atoms with Gasteiger partial charge in [0.05, 0.1) is 0 Å². The molecule has 0 aromatic heterocycles. The van der Waals surface area contributed by atoms with Crippen LogP contribution in [-0.4, -0.2) is 41.1 Å². The van der Waals surface area contributed by atoms with E-state index in [1.54, 1.807) is 20.8 Å². The number of nitrogens with zero attached hydrogens (tertiary/aromatic N) is 1. The van der Waals surface area contributed by atoms with Crippen molar-refractivity contribution < 1.29 is 14.7 Å². The lowest BCUT2D eigenvalue weighted by Crippen LogP contribution is -2.53. The number of urea groups is 1. The third-order valence-electron chi connectivity index (χ3n) is 2.51. The Balaban J connectivity index is 4.78. The van der Waals surface area contributed by atoms with Crippen LogP contribution in [0.25, 0.3) is 0 Å². The first kappa shape index (κ1) is 16.5. The van der Waals surface area contributed by atoms with Gasteiger partial charge < -0.3 is 15.3 Å². The van der Waals surface area contributed by atoms with Crippen molar-refractivity contribution in [2.75, 3.05) is 13.1 Å². The molecule has 0 heterocycles. The summed E-state index contributed by atoms with van der Waals surface area (Å²) in [5.41, 5.74) is 0.319. The molecule has 0 spiro atoms. The van der Waals surface area contributed by atoms with Crippen LogP contribution in [0.1, 0.15) is 34.6 Å². The van der Waals surface area contributed by atoms with Crippen molar-refractivity contribution in [2.45, 2.75) is 40.7 Å². The topological polar surface area (TPSA) is 69.6 Å². The zero-order valence-electron chi connectivity index (χ0n) is 11.9. The molecule has 0 radical (unpaired) electrons. The molecule has 0 saturated carbocycles. The number of likely N-dealkylation sites (N-methyl/N-ethyl adjacent to an activating group) is 1. The highest BCUT2D eigenvalue weighted by Gasteiger charge is 2.33. The summed E-state index contributed by atoms with van der Waals surface area (Å²) >= 11 is 0. The Labute approximate surface area is 109 Å². The molecule has 18 heavy (non-hydrogen) atoms. The molecule has 0 aromatic carbocycles. The summed E-state index contributed by atoms with van der Waals surface area (Å²) in [5.74, 6) is -1.03. The van der Waals surface area contributed by atoms with Crippen molar-refractivity contribution in [1.82, 2.24) is 10.2 Å². The van der Waals surface area contributed by atoms with Crippen molar-refractivity contribution in [1.29, 1.82) is 0 Å². The highest BCUT2D eigenvalue weighted by Crippen LogP contribution is 2.19. The maximum atomic E-state index is 12.0. The summed E-state index contributed by atoms with van der Waals surface area (Å²) < 4.78 is 0. The Kier molecular flexibility index (Phi) is 5.88. The number of amides is 2. The minimum atomic E-state index is -1.03.